The molecule has 1 aromatic rings. The lowest BCUT2D eigenvalue weighted by molar-refractivity contribution is 0.197. The fourth-order valence-corrected chi connectivity index (χ4v) is 5.14. The van der Waals surface area contributed by atoms with Gasteiger partial charge in [-0.1, -0.05) is 25.0 Å². The second-order valence-corrected chi connectivity index (χ2v) is 9.10. The van der Waals surface area contributed by atoms with Crippen LogP contribution < -0.4 is 15.4 Å². The van der Waals surface area contributed by atoms with E-state index in [1.807, 2.05) is 6.07 Å². The van der Waals surface area contributed by atoms with E-state index in [2.05, 4.69) is 40.7 Å². The topological polar surface area (TPSA) is 48.9 Å². The quantitative estimate of drug-likeness (QED) is 0.543. The molecule has 0 unspecified atom stereocenters. The second-order valence-electron chi connectivity index (χ2n) is 9.10. The third kappa shape index (κ3) is 5.06. The summed E-state index contributed by atoms with van der Waals surface area (Å²) in [7, 11) is 1.75. The molecule has 3 aliphatic rings. The lowest BCUT2D eigenvalue weighted by Crippen LogP contribution is -2.49. The first-order valence-corrected chi connectivity index (χ1v) is 11.7. The lowest BCUT2D eigenvalue weighted by atomic mass is 9.79. The van der Waals surface area contributed by atoms with E-state index in [0.29, 0.717) is 6.04 Å². The average Bonchev–Trinajstić information content (AvgIpc) is 3.50. The minimum atomic E-state index is 0.145. The number of nitrogens with one attached hydrogen (secondary N) is 2. The van der Waals surface area contributed by atoms with Crippen molar-refractivity contribution in [2.24, 2.45) is 4.99 Å². The van der Waals surface area contributed by atoms with Crippen LogP contribution >= 0.6 is 0 Å². The van der Waals surface area contributed by atoms with E-state index in [1.165, 1.54) is 70.0 Å². The normalized spacial score (nSPS) is 23.2. The lowest BCUT2D eigenvalue weighted by Gasteiger charge is -2.33. The Labute approximate surface area is 176 Å². The maximum absolute atomic E-state index is 5.49. The molecule has 5 heteroatoms. The summed E-state index contributed by atoms with van der Waals surface area (Å²) in [5, 5.41) is 7.23. The number of nitrogens with zero attached hydrogens (tertiary/aromatic N) is 2. The molecular formula is C24H38N4O. The maximum atomic E-state index is 5.49. The van der Waals surface area contributed by atoms with Gasteiger partial charge in [-0.05, 0) is 63.1 Å². The molecule has 0 spiro atoms. The summed E-state index contributed by atoms with van der Waals surface area (Å²) in [5.74, 6) is 1.94. The predicted octanol–water partition coefficient (Wildman–Crippen LogP) is 3.69. The van der Waals surface area contributed by atoms with Crippen molar-refractivity contribution in [2.75, 3.05) is 33.3 Å². The van der Waals surface area contributed by atoms with Gasteiger partial charge in [0.25, 0.3) is 0 Å². The van der Waals surface area contributed by atoms with E-state index >= 15 is 0 Å². The SMILES string of the molecule is CCNC(=NCC1(c2cccc(OC)c2)CCCC1)NC1CCN(C2CC2)CC1. The van der Waals surface area contributed by atoms with Crippen molar-refractivity contribution in [3.63, 3.8) is 0 Å². The van der Waals surface area contributed by atoms with E-state index in [1.54, 1.807) is 7.11 Å². The number of hydrogen-bond acceptors (Lipinski definition) is 3. The Balaban J connectivity index is 1.42. The predicted molar refractivity (Wildman–Crippen MR) is 120 cm³/mol. The van der Waals surface area contributed by atoms with Crippen molar-refractivity contribution in [3.05, 3.63) is 29.8 Å². The molecule has 1 heterocycles. The van der Waals surface area contributed by atoms with Crippen LogP contribution in [0.1, 0.15) is 63.9 Å². The van der Waals surface area contributed by atoms with Gasteiger partial charge in [0.05, 0.1) is 13.7 Å². The molecule has 1 aliphatic heterocycles. The third-order valence-corrected chi connectivity index (χ3v) is 7.06. The Bertz CT molecular complexity index is 686. The Hall–Kier alpha value is -1.75. The van der Waals surface area contributed by atoms with Crippen molar-refractivity contribution < 1.29 is 4.74 Å². The molecular weight excluding hydrogens is 360 g/mol. The smallest absolute Gasteiger partial charge is 0.191 e. The summed E-state index contributed by atoms with van der Waals surface area (Å²) in [5.41, 5.74) is 1.53. The summed E-state index contributed by atoms with van der Waals surface area (Å²) in [6, 6.07) is 10.1. The molecule has 0 radical (unpaired) electrons. The molecule has 0 aromatic heterocycles. The first-order chi connectivity index (χ1) is 14.2. The molecule has 160 valence electrons. The number of methoxy groups -OCH3 is 1. The summed E-state index contributed by atoms with van der Waals surface area (Å²) < 4.78 is 5.49. The van der Waals surface area contributed by atoms with Crippen molar-refractivity contribution in [1.82, 2.24) is 15.5 Å². The minimum absolute atomic E-state index is 0.145. The van der Waals surface area contributed by atoms with Crippen LogP contribution in [0.3, 0.4) is 0 Å². The highest BCUT2D eigenvalue weighted by Crippen LogP contribution is 2.42. The molecule has 4 rings (SSSR count). The van der Waals surface area contributed by atoms with E-state index in [-0.39, 0.29) is 5.41 Å². The zero-order chi connectivity index (χ0) is 20.1. The number of ether oxygens (including phenoxy) is 1. The van der Waals surface area contributed by atoms with Gasteiger partial charge in [-0.2, -0.15) is 0 Å². The maximum Gasteiger partial charge on any atom is 0.191 e. The van der Waals surface area contributed by atoms with Crippen LogP contribution in [-0.4, -0.2) is 56.2 Å². The molecule has 5 nitrogen and oxygen atoms in total. The van der Waals surface area contributed by atoms with Crippen molar-refractivity contribution in [2.45, 2.75) is 75.8 Å². The number of hydrogen-bond donors (Lipinski definition) is 2. The van der Waals surface area contributed by atoms with Crippen LogP contribution in [0.15, 0.2) is 29.3 Å². The first kappa shape index (κ1) is 20.5. The van der Waals surface area contributed by atoms with Crippen LogP contribution in [0, 0.1) is 0 Å². The van der Waals surface area contributed by atoms with Gasteiger partial charge in [0, 0.05) is 37.1 Å². The summed E-state index contributed by atoms with van der Waals surface area (Å²) in [6.45, 7) is 6.36. The van der Waals surface area contributed by atoms with Crippen molar-refractivity contribution in [1.29, 1.82) is 0 Å². The Morgan fingerprint density at radius 2 is 1.93 bits per heavy atom. The van der Waals surface area contributed by atoms with Crippen LogP contribution in [0.5, 0.6) is 5.75 Å². The molecule has 0 bridgehead atoms. The van der Waals surface area contributed by atoms with E-state index in [0.717, 1.165) is 30.8 Å². The van der Waals surface area contributed by atoms with Gasteiger partial charge < -0.3 is 20.3 Å². The minimum Gasteiger partial charge on any atom is -0.497 e. The number of likely N-dealkylation sites (tertiary alicyclic amines) is 1. The zero-order valence-electron chi connectivity index (χ0n) is 18.3. The number of benzene rings is 1. The average molecular weight is 399 g/mol. The van der Waals surface area contributed by atoms with Crippen LogP contribution in [0.25, 0.3) is 0 Å². The molecule has 0 atom stereocenters. The zero-order valence-corrected chi connectivity index (χ0v) is 18.3. The van der Waals surface area contributed by atoms with Gasteiger partial charge in [-0.3, -0.25) is 4.99 Å². The number of aliphatic imine (C=N–C) groups is 1. The van der Waals surface area contributed by atoms with Gasteiger partial charge >= 0.3 is 0 Å². The highest BCUT2D eigenvalue weighted by atomic mass is 16.5. The van der Waals surface area contributed by atoms with Gasteiger partial charge in [0.2, 0.25) is 0 Å². The molecule has 0 amide bonds. The fourth-order valence-electron chi connectivity index (χ4n) is 5.14. The molecule has 2 N–H and O–H groups in total. The number of rotatable bonds is 7. The monoisotopic (exact) mass is 398 g/mol. The molecule has 1 aromatic carbocycles. The highest BCUT2D eigenvalue weighted by Gasteiger charge is 2.36. The number of guanidine groups is 1. The Morgan fingerprint density at radius 1 is 1.17 bits per heavy atom. The Kier molecular flexibility index (Phi) is 6.63. The van der Waals surface area contributed by atoms with E-state index < -0.39 is 0 Å². The molecule has 2 saturated carbocycles. The van der Waals surface area contributed by atoms with Crippen LogP contribution in [0.4, 0.5) is 0 Å². The molecule has 2 aliphatic carbocycles. The Morgan fingerprint density at radius 3 is 2.59 bits per heavy atom. The first-order valence-electron chi connectivity index (χ1n) is 11.7. The molecule has 1 saturated heterocycles. The van der Waals surface area contributed by atoms with Gasteiger partial charge in [-0.15, -0.1) is 0 Å². The van der Waals surface area contributed by atoms with Gasteiger partial charge in [0.1, 0.15) is 5.75 Å². The van der Waals surface area contributed by atoms with Crippen molar-refractivity contribution in [3.8, 4) is 5.75 Å². The fraction of sp³-hybridized carbons (Fsp3) is 0.708. The van der Waals surface area contributed by atoms with E-state index in [4.69, 9.17) is 9.73 Å². The standard InChI is InChI=1S/C24H38N4O/c1-3-25-23(27-20-11-15-28(16-12-20)21-9-10-21)26-18-24(13-4-5-14-24)19-7-6-8-22(17-19)29-2/h6-8,17,20-21H,3-5,9-16,18H2,1-2H3,(H2,25,26,27). The molecule has 3 fully saturated rings. The van der Waals surface area contributed by atoms with Crippen LogP contribution in [-0.2, 0) is 5.41 Å². The third-order valence-electron chi connectivity index (χ3n) is 7.06. The highest BCUT2D eigenvalue weighted by molar-refractivity contribution is 5.80. The van der Waals surface area contributed by atoms with Crippen molar-refractivity contribution >= 4 is 5.96 Å². The van der Waals surface area contributed by atoms with Gasteiger partial charge in [0.15, 0.2) is 5.96 Å². The summed E-state index contributed by atoms with van der Waals surface area (Å²) >= 11 is 0. The summed E-state index contributed by atoms with van der Waals surface area (Å²) in [6.07, 6.45) is 10.3. The van der Waals surface area contributed by atoms with Crippen LogP contribution in [0.2, 0.25) is 0 Å². The number of piperidine rings is 1. The van der Waals surface area contributed by atoms with E-state index in [9.17, 15) is 0 Å². The molecule has 29 heavy (non-hydrogen) atoms. The summed E-state index contributed by atoms with van der Waals surface area (Å²) in [4.78, 5) is 7.78. The largest absolute Gasteiger partial charge is 0.497 e. The second kappa shape index (κ2) is 9.38. The van der Waals surface area contributed by atoms with Gasteiger partial charge in [-0.25, -0.2) is 0 Å².